The molecule has 4 heteroatoms. The van der Waals surface area contributed by atoms with Crippen LogP contribution < -0.4 is 15.0 Å². The van der Waals surface area contributed by atoms with Crippen molar-refractivity contribution in [1.82, 2.24) is 0 Å². The Bertz CT molecular complexity index is 628. The maximum absolute atomic E-state index is 10.7. The van der Waals surface area contributed by atoms with Gasteiger partial charge in [0.25, 0.3) is 0 Å². The summed E-state index contributed by atoms with van der Waals surface area (Å²) in [5.74, 6) is 0.750. The Kier molecular flexibility index (Phi) is 4.05. The van der Waals surface area contributed by atoms with Gasteiger partial charge in [0.15, 0.2) is 0 Å². The van der Waals surface area contributed by atoms with E-state index >= 15 is 0 Å². The van der Waals surface area contributed by atoms with Crippen LogP contribution in [0.5, 0.6) is 5.75 Å². The van der Waals surface area contributed by atoms with Crippen molar-refractivity contribution in [1.29, 1.82) is 0 Å². The molecule has 0 aliphatic carbocycles. The van der Waals surface area contributed by atoms with Gasteiger partial charge in [-0.15, -0.1) is 0 Å². The summed E-state index contributed by atoms with van der Waals surface area (Å²) in [5.41, 5.74) is 3.09. The summed E-state index contributed by atoms with van der Waals surface area (Å²) in [6.45, 7) is 2.43. The molecule has 0 fully saturated rings. The summed E-state index contributed by atoms with van der Waals surface area (Å²) in [6.07, 6.45) is 1.76. The van der Waals surface area contributed by atoms with Gasteiger partial charge >= 0.3 is 0 Å². The van der Waals surface area contributed by atoms with E-state index in [1.807, 2.05) is 18.2 Å². The molecule has 0 radical (unpaired) electrons. The number of ether oxygens (including phenoxy) is 1. The molecule has 1 N–H and O–H groups in total. The molecular weight excluding hydrogens is 264 g/mol. The van der Waals surface area contributed by atoms with Crippen LogP contribution in [0.25, 0.3) is 0 Å². The molecule has 21 heavy (non-hydrogen) atoms. The van der Waals surface area contributed by atoms with Crippen LogP contribution in [0.2, 0.25) is 0 Å². The average molecular weight is 282 g/mol. The van der Waals surface area contributed by atoms with Gasteiger partial charge in [-0.3, -0.25) is 4.79 Å². The Balaban J connectivity index is 1.48. The van der Waals surface area contributed by atoms with E-state index in [4.69, 9.17) is 4.74 Å². The van der Waals surface area contributed by atoms with E-state index in [1.54, 1.807) is 12.1 Å². The number of para-hydroxylation sites is 2. The number of fused-ring (bicyclic) bond motifs is 1. The standard InChI is InChI=1S/C17H18N2O2/c20-12-14-5-3-6-15(11-14)21-10-4-9-19-13-18-16-7-1-2-8-17(16)19/h1-3,5-8,11-12,18H,4,9-10,13H2. The summed E-state index contributed by atoms with van der Waals surface area (Å²) >= 11 is 0. The summed E-state index contributed by atoms with van der Waals surface area (Å²) in [5, 5.41) is 3.37. The summed E-state index contributed by atoms with van der Waals surface area (Å²) in [4.78, 5) is 13.0. The van der Waals surface area contributed by atoms with E-state index < -0.39 is 0 Å². The zero-order valence-electron chi connectivity index (χ0n) is 11.8. The van der Waals surface area contributed by atoms with E-state index in [0.29, 0.717) is 12.2 Å². The Labute approximate surface area is 124 Å². The zero-order valence-corrected chi connectivity index (χ0v) is 11.8. The lowest BCUT2D eigenvalue weighted by atomic mass is 10.2. The molecule has 4 nitrogen and oxygen atoms in total. The molecule has 0 unspecified atom stereocenters. The van der Waals surface area contributed by atoms with E-state index in [9.17, 15) is 4.79 Å². The van der Waals surface area contributed by atoms with Crippen molar-refractivity contribution < 1.29 is 9.53 Å². The van der Waals surface area contributed by atoms with E-state index in [1.165, 1.54) is 11.4 Å². The third kappa shape index (κ3) is 3.16. The zero-order chi connectivity index (χ0) is 14.5. The van der Waals surface area contributed by atoms with Gasteiger partial charge in [-0.05, 0) is 30.7 Å². The van der Waals surface area contributed by atoms with Crippen LogP contribution in [-0.2, 0) is 0 Å². The smallest absolute Gasteiger partial charge is 0.150 e. The Morgan fingerprint density at radius 1 is 1.19 bits per heavy atom. The number of hydrogen-bond acceptors (Lipinski definition) is 4. The number of hydrogen-bond donors (Lipinski definition) is 1. The number of rotatable bonds is 6. The van der Waals surface area contributed by atoms with Crippen LogP contribution in [0, 0.1) is 0 Å². The molecule has 108 valence electrons. The summed E-state index contributed by atoms with van der Waals surface area (Å²) in [6, 6.07) is 15.6. The van der Waals surface area contributed by atoms with E-state index in [2.05, 4.69) is 28.4 Å². The molecule has 0 bridgehead atoms. The van der Waals surface area contributed by atoms with Crippen molar-refractivity contribution in [2.75, 3.05) is 30.0 Å². The maximum Gasteiger partial charge on any atom is 0.150 e. The number of anilines is 2. The van der Waals surface area contributed by atoms with Crippen molar-refractivity contribution in [2.45, 2.75) is 6.42 Å². The van der Waals surface area contributed by atoms with Crippen LogP contribution in [0.3, 0.4) is 0 Å². The quantitative estimate of drug-likeness (QED) is 0.653. The minimum absolute atomic E-state index is 0.640. The van der Waals surface area contributed by atoms with Crippen LogP contribution in [-0.4, -0.2) is 26.1 Å². The molecule has 2 aromatic carbocycles. The predicted octanol–water partition coefficient (Wildman–Crippen LogP) is 3.16. The average Bonchev–Trinajstić information content (AvgIpc) is 2.95. The molecule has 3 rings (SSSR count). The van der Waals surface area contributed by atoms with E-state index in [0.717, 1.165) is 31.7 Å². The lowest BCUT2D eigenvalue weighted by Gasteiger charge is -2.17. The van der Waals surface area contributed by atoms with Crippen molar-refractivity contribution in [3.05, 3.63) is 54.1 Å². The second-order valence-corrected chi connectivity index (χ2v) is 5.01. The van der Waals surface area contributed by atoms with Crippen LogP contribution >= 0.6 is 0 Å². The van der Waals surface area contributed by atoms with Crippen molar-refractivity contribution in [2.24, 2.45) is 0 Å². The Morgan fingerprint density at radius 2 is 2.10 bits per heavy atom. The lowest BCUT2D eigenvalue weighted by Crippen LogP contribution is -2.25. The van der Waals surface area contributed by atoms with Crippen LogP contribution in [0.1, 0.15) is 16.8 Å². The highest BCUT2D eigenvalue weighted by Crippen LogP contribution is 2.30. The molecule has 1 aliphatic heterocycles. The van der Waals surface area contributed by atoms with Crippen LogP contribution in [0.4, 0.5) is 11.4 Å². The largest absolute Gasteiger partial charge is 0.494 e. The third-order valence-electron chi connectivity index (χ3n) is 3.54. The number of nitrogens with zero attached hydrogens (tertiary/aromatic N) is 1. The molecule has 0 saturated carbocycles. The maximum atomic E-state index is 10.7. The fourth-order valence-electron chi connectivity index (χ4n) is 2.49. The van der Waals surface area contributed by atoms with Crippen molar-refractivity contribution >= 4 is 17.7 Å². The minimum atomic E-state index is 0.640. The van der Waals surface area contributed by atoms with Gasteiger partial charge in [0.2, 0.25) is 0 Å². The highest BCUT2D eigenvalue weighted by molar-refractivity contribution is 5.75. The first-order valence-corrected chi connectivity index (χ1v) is 7.13. The number of aldehydes is 1. The molecule has 0 atom stereocenters. The van der Waals surface area contributed by atoms with Gasteiger partial charge < -0.3 is 15.0 Å². The second kappa shape index (κ2) is 6.31. The predicted molar refractivity (Wildman–Crippen MR) is 84.2 cm³/mol. The Morgan fingerprint density at radius 3 is 3.00 bits per heavy atom. The van der Waals surface area contributed by atoms with Crippen LogP contribution in [0.15, 0.2) is 48.5 Å². The van der Waals surface area contributed by atoms with Gasteiger partial charge in [0.05, 0.1) is 24.7 Å². The lowest BCUT2D eigenvalue weighted by molar-refractivity contribution is 0.112. The van der Waals surface area contributed by atoms with Gasteiger partial charge in [-0.25, -0.2) is 0 Å². The molecule has 1 aliphatic rings. The molecule has 0 spiro atoms. The van der Waals surface area contributed by atoms with Crippen molar-refractivity contribution in [3.8, 4) is 5.75 Å². The molecular formula is C17H18N2O2. The van der Waals surface area contributed by atoms with Gasteiger partial charge in [0, 0.05) is 12.1 Å². The summed E-state index contributed by atoms with van der Waals surface area (Å²) in [7, 11) is 0. The first kappa shape index (κ1) is 13.5. The van der Waals surface area contributed by atoms with Gasteiger partial charge in [0.1, 0.15) is 12.0 Å². The van der Waals surface area contributed by atoms with E-state index in [-0.39, 0.29) is 0 Å². The highest BCUT2D eigenvalue weighted by Gasteiger charge is 2.16. The monoisotopic (exact) mass is 282 g/mol. The number of nitrogens with one attached hydrogen (secondary N) is 1. The van der Waals surface area contributed by atoms with Gasteiger partial charge in [-0.1, -0.05) is 24.3 Å². The minimum Gasteiger partial charge on any atom is -0.494 e. The SMILES string of the molecule is O=Cc1cccc(OCCCN2CNc3ccccc32)c1. The molecule has 0 amide bonds. The molecule has 1 heterocycles. The molecule has 2 aromatic rings. The number of benzene rings is 2. The first-order valence-electron chi connectivity index (χ1n) is 7.13. The highest BCUT2D eigenvalue weighted by atomic mass is 16.5. The third-order valence-corrected chi connectivity index (χ3v) is 3.54. The fourth-order valence-corrected chi connectivity index (χ4v) is 2.49. The topological polar surface area (TPSA) is 41.6 Å². The number of carbonyl (C=O) groups excluding carboxylic acids is 1. The molecule has 0 saturated heterocycles. The second-order valence-electron chi connectivity index (χ2n) is 5.01. The first-order chi connectivity index (χ1) is 10.4. The normalized spacial score (nSPS) is 12.7. The summed E-state index contributed by atoms with van der Waals surface area (Å²) < 4.78 is 5.69. The fraction of sp³-hybridized carbons (Fsp3) is 0.235. The van der Waals surface area contributed by atoms with Crippen molar-refractivity contribution in [3.63, 3.8) is 0 Å². The molecule has 0 aromatic heterocycles. The Hall–Kier alpha value is -2.49. The van der Waals surface area contributed by atoms with Gasteiger partial charge in [-0.2, -0.15) is 0 Å². The number of carbonyl (C=O) groups is 1.